The van der Waals surface area contributed by atoms with Gasteiger partial charge in [-0.2, -0.15) is 0 Å². The van der Waals surface area contributed by atoms with E-state index >= 15 is 0 Å². The molecule has 3 atom stereocenters. The Morgan fingerprint density at radius 3 is 2.17 bits per heavy atom. The monoisotopic (exact) mass is 562 g/mol. The van der Waals surface area contributed by atoms with Crippen LogP contribution in [0.15, 0.2) is 65.3 Å². The number of benzene rings is 2. The van der Waals surface area contributed by atoms with Crippen LogP contribution in [-0.2, 0) is 12.0 Å². The zero-order chi connectivity index (χ0) is 29.3. The molecule has 0 amide bonds. The summed E-state index contributed by atoms with van der Waals surface area (Å²) in [6.45, 7) is 12.1. The second-order valence-corrected chi connectivity index (χ2v) is 10.3. The van der Waals surface area contributed by atoms with Gasteiger partial charge < -0.3 is 15.2 Å². The van der Waals surface area contributed by atoms with Crippen LogP contribution in [0, 0.1) is 5.92 Å². The number of nitrogens with two attached hydrogens (primary N) is 1. The molecule has 0 bridgehead atoms. The molecule has 0 saturated heterocycles. The van der Waals surface area contributed by atoms with Crippen LogP contribution >= 0.6 is 0 Å². The molecule has 1 heterocycles. The fourth-order valence-electron chi connectivity index (χ4n) is 4.69. The van der Waals surface area contributed by atoms with Crippen LogP contribution in [0.25, 0.3) is 0 Å². The number of hydrazone groups is 1. The van der Waals surface area contributed by atoms with Gasteiger partial charge in [-0.1, -0.05) is 63.6 Å². The first-order chi connectivity index (χ1) is 18.9. The van der Waals surface area contributed by atoms with Gasteiger partial charge in [0.25, 0.3) is 0 Å². The third-order valence-corrected chi connectivity index (χ3v) is 7.39. The van der Waals surface area contributed by atoms with Crippen molar-refractivity contribution < 1.29 is 22.6 Å². The minimum Gasteiger partial charge on any atom is -0.486 e. The minimum atomic E-state index is -4.73. The van der Waals surface area contributed by atoms with E-state index in [0.29, 0.717) is 18.9 Å². The summed E-state index contributed by atoms with van der Waals surface area (Å²) < 4.78 is 47.6. The van der Waals surface area contributed by atoms with Crippen molar-refractivity contribution in [3.63, 3.8) is 0 Å². The van der Waals surface area contributed by atoms with Gasteiger partial charge in [0.15, 0.2) is 5.84 Å². The number of halogens is 3. The molecule has 0 fully saturated rings. The van der Waals surface area contributed by atoms with E-state index in [2.05, 4.69) is 77.1 Å². The van der Waals surface area contributed by atoms with Crippen LogP contribution < -0.4 is 31.7 Å². The molecule has 2 aromatic rings. The lowest BCUT2D eigenvalue weighted by atomic mass is 9.71. The van der Waals surface area contributed by atoms with E-state index in [-0.39, 0.29) is 29.9 Å². The van der Waals surface area contributed by atoms with Gasteiger partial charge in [-0.15, -0.1) is 23.8 Å². The molecular formula is C29H41F3N6O2. The fourth-order valence-corrected chi connectivity index (χ4v) is 4.69. The number of allylic oxidation sites excluding steroid dienone is 2. The Morgan fingerprint density at radius 1 is 1.02 bits per heavy atom. The third kappa shape index (κ3) is 8.87. The van der Waals surface area contributed by atoms with E-state index in [0.717, 1.165) is 29.7 Å². The zero-order valence-corrected chi connectivity index (χ0v) is 23.8. The summed E-state index contributed by atoms with van der Waals surface area (Å²) >= 11 is 0. The van der Waals surface area contributed by atoms with Gasteiger partial charge in [0.1, 0.15) is 18.1 Å². The van der Waals surface area contributed by atoms with Crippen LogP contribution in [0.4, 0.5) is 13.2 Å². The fraction of sp³-hybridized carbons (Fsp3) is 0.483. The van der Waals surface area contributed by atoms with Crippen molar-refractivity contribution in [3.05, 3.63) is 71.3 Å². The quantitative estimate of drug-likeness (QED) is 0.182. The summed E-state index contributed by atoms with van der Waals surface area (Å²) in [5.41, 5.74) is 17.6. The molecular weight excluding hydrogens is 521 g/mol. The molecule has 0 aromatic heterocycles. The standard InChI is InChI=1S/C29H41F3N6O2/c1-6-22(7-2)16-20(3)28(5,24-10-14-25(15-11-24)39-18-27-34-36-37-35-27)19-38(21(4)33)17-23-8-12-26(13-9-23)40-29(30,31)32/h8-16,20-21,36-37H,6-7,17-19,33H2,1-5H3,(H,34,35). The van der Waals surface area contributed by atoms with Crippen LogP contribution in [0.2, 0.25) is 0 Å². The molecule has 0 aliphatic carbocycles. The number of amidine groups is 1. The molecule has 8 nitrogen and oxygen atoms in total. The first-order valence-electron chi connectivity index (χ1n) is 13.5. The average Bonchev–Trinajstić information content (AvgIpc) is 3.44. The second kappa shape index (κ2) is 13.9. The van der Waals surface area contributed by atoms with Gasteiger partial charge in [-0.3, -0.25) is 10.3 Å². The van der Waals surface area contributed by atoms with E-state index in [1.54, 1.807) is 12.1 Å². The molecule has 0 spiro atoms. The second-order valence-electron chi connectivity index (χ2n) is 10.3. The largest absolute Gasteiger partial charge is 0.573 e. The molecule has 3 rings (SSSR count). The number of hydrazine groups is 2. The zero-order valence-electron chi connectivity index (χ0n) is 23.8. The number of hydrogen-bond acceptors (Lipinski definition) is 8. The molecule has 0 radical (unpaired) electrons. The molecule has 3 unspecified atom stereocenters. The summed E-state index contributed by atoms with van der Waals surface area (Å²) in [7, 11) is 0. The van der Waals surface area contributed by atoms with Crippen LogP contribution in [-0.4, -0.2) is 36.4 Å². The normalized spacial score (nSPS) is 16.3. The summed E-state index contributed by atoms with van der Waals surface area (Å²) in [5, 5.41) is 4.02. The topological polar surface area (TPSA) is 96.2 Å². The highest BCUT2D eigenvalue weighted by molar-refractivity contribution is 5.83. The lowest BCUT2D eigenvalue weighted by Gasteiger charge is -2.41. The van der Waals surface area contributed by atoms with Crippen molar-refractivity contribution in [2.24, 2.45) is 16.8 Å². The molecule has 11 heteroatoms. The first-order valence-corrected chi connectivity index (χ1v) is 13.5. The molecule has 40 heavy (non-hydrogen) atoms. The van der Waals surface area contributed by atoms with Gasteiger partial charge in [0.05, 0.1) is 6.17 Å². The summed E-state index contributed by atoms with van der Waals surface area (Å²) in [6.07, 6.45) is -0.694. The molecule has 5 N–H and O–H groups in total. The Kier molecular flexibility index (Phi) is 10.8. The number of nitrogens with one attached hydrogen (secondary N) is 3. The number of alkyl halides is 3. The maximum atomic E-state index is 12.6. The van der Waals surface area contributed by atoms with Crippen molar-refractivity contribution in [2.45, 2.75) is 71.9 Å². The van der Waals surface area contributed by atoms with Gasteiger partial charge in [0.2, 0.25) is 0 Å². The predicted octanol–water partition coefficient (Wildman–Crippen LogP) is 5.34. The molecule has 2 aromatic carbocycles. The van der Waals surface area contributed by atoms with Gasteiger partial charge in [-0.25, -0.2) is 5.53 Å². The Bertz CT molecular complexity index is 1130. The Morgan fingerprint density at radius 2 is 1.65 bits per heavy atom. The Labute approximate surface area is 234 Å². The van der Waals surface area contributed by atoms with E-state index in [1.165, 1.54) is 17.7 Å². The summed E-state index contributed by atoms with van der Waals surface area (Å²) in [4.78, 5) is 2.15. The number of ether oxygens (including phenoxy) is 2. The molecule has 1 aliphatic rings. The lowest BCUT2D eigenvalue weighted by Crippen LogP contribution is -2.48. The van der Waals surface area contributed by atoms with Crippen LogP contribution in [0.3, 0.4) is 0 Å². The van der Waals surface area contributed by atoms with Crippen LogP contribution in [0.1, 0.15) is 58.6 Å². The van der Waals surface area contributed by atoms with E-state index in [1.807, 2.05) is 19.1 Å². The SMILES string of the molecule is CCC(=CC(C)C(C)(CN(Cc1ccc(OC(F)(F)F)cc1)C(C)N)c1ccc(OCC2=NNNN2)cc1)CC. The molecule has 220 valence electrons. The van der Waals surface area contributed by atoms with Crippen molar-refractivity contribution in [1.82, 2.24) is 21.4 Å². The molecule has 0 saturated carbocycles. The maximum absolute atomic E-state index is 12.6. The van der Waals surface area contributed by atoms with Crippen molar-refractivity contribution in [2.75, 3.05) is 13.2 Å². The van der Waals surface area contributed by atoms with Gasteiger partial charge in [-0.05, 0) is 61.1 Å². The highest BCUT2D eigenvalue weighted by atomic mass is 19.4. The van der Waals surface area contributed by atoms with Gasteiger partial charge in [0, 0.05) is 18.5 Å². The number of hydrogen-bond donors (Lipinski definition) is 4. The number of rotatable bonds is 14. The smallest absolute Gasteiger partial charge is 0.486 e. The highest BCUT2D eigenvalue weighted by Gasteiger charge is 2.35. The summed E-state index contributed by atoms with van der Waals surface area (Å²) in [5.74, 6) is 1.29. The average molecular weight is 563 g/mol. The molecule has 1 aliphatic heterocycles. The number of nitrogens with zero attached hydrogens (tertiary/aromatic N) is 2. The first kappa shape index (κ1) is 31.3. The lowest BCUT2D eigenvalue weighted by molar-refractivity contribution is -0.274. The van der Waals surface area contributed by atoms with Crippen molar-refractivity contribution in [1.29, 1.82) is 0 Å². The van der Waals surface area contributed by atoms with Gasteiger partial charge >= 0.3 is 6.36 Å². The predicted molar refractivity (Wildman–Crippen MR) is 151 cm³/mol. The Hall–Kier alpha value is -3.28. The highest BCUT2D eigenvalue weighted by Crippen LogP contribution is 2.37. The van der Waals surface area contributed by atoms with E-state index in [9.17, 15) is 13.2 Å². The van der Waals surface area contributed by atoms with Crippen molar-refractivity contribution >= 4 is 5.84 Å². The minimum absolute atomic E-state index is 0.173. The van der Waals surface area contributed by atoms with Crippen LogP contribution in [0.5, 0.6) is 11.5 Å². The summed E-state index contributed by atoms with van der Waals surface area (Å²) in [6, 6.07) is 14.0. The van der Waals surface area contributed by atoms with Crippen molar-refractivity contribution in [3.8, 4) is 11.5 Å². The third-order valence-electron chi connectivity index (χ3n) is 7.39. The van der Waals surface area contributed by atoms with E-state index < -0.39 is 6.36 Å². The Balaban J connectivity index is 1.85. The maximum Gasteiger partial charge on any atom is 0.573 e. The van der Waals surface area contributed by atoms with E-state index in [4.69, 9.17) is 10.5 Å².